The van der Waals surface area contributed by atoms with E-state index in [0.717, 1.165) is 11.3 Å². The Morgan fingerprint density at radius 3 is 2.50 bits per heavy atom. The van der Waals surface area contributed by atoms with Crippen LogP contribution < -0.4 is 10.6 Å². The van der Waals surface area contributed by atoms with Crippen LogP contribution in [0.3, 0.4) is 0 Å². The van der Waals surface area contributed by atoms with Gasteiger partial charge in [-0.1, -0.05) is 30.0 Å². The lowest BCUT2D eigenvalue weighted by Crippen LogP contribution is -2.23. The number of hydrogen-bond acceptors (Lipinski definition) is 6. The summed E-state index contributed by atoms with van der Waals surface area (Å²) in [5.74, 6) is -0.304. The van der Waals surface area contributed by atoms with Crippen molar-refractivity contribution in [2.24, 2.45) is 0 Å². The van der Waals surface area contributed by atoms with Gasteiger partial charge in [-0.25, -0.2) is 0 Å². The van der Waals surface area contributed by atoms with Crippen LogP contribution in [0.4, 0.5) is 11.4 Å². The first-order chi connectivity index (χ1) is 13.4. The molecule has 0 saturated heterocycles. The average molecular weight is 396 g/mol. The Hall–Kier alpha value is -3.20. The summed E-state index contributed by atoms with van der Waals surface area (Å²) in [6, 6.07) is 14.8. The third-order valence-corrected chi connectivity index (χ3v) is 4.82. The van der Waals surface area contributed by atoms with Gasteiger partial charge in [0, 0.05) is 18.3 Å². The summed E-state index contributed by atoms with van der Waals surface area (Å²) in [4.78, 5) is 23.8. The summed E-state index contributed by atoms with van der Waals surface area (Å²) < 4.78 is 1.53. The molecule has 0 radical (unpaired) electrons. The van der Waals surface area contributed by atoms with Gasteiger partial charge in [0.15, 0.2) is 0 Å². The highest BCUT2D eigenvalue weighted by Gasteiger charge is 2.19. The van der Waals surface area contributed by atoms with E-state index in [4.69, 9.17) is 0 Å². The molecule has 8 nitrogen and oxygen atoms in total. The second-order valence-corrected chi connectivity index (χ2v) is 7.53. The summed E-state index contributed by atoms with van der Waals surface area (Å²) in [5, 5.41) is 17.4. The fourth-order valence-corrected chi connectivity index (χ4v) is 3.32. The number of nitrogens with one attached hydrogen (secondary N) is 2. The maximum Gasteiger partial charge on any atom is 0.237 e. The summed E-state index contributed by atoms with van der Waals surface area (Å²) in [5.41, 5.74) is 3.15. The number of aryl methyl sites for hydroxylation is 1. The Labute approximate surface area is 166 Å². The third-order valence-electron chi connectivity index (χ3n) is 3.79. The first-order valence-corrected chi connectivity index (χ1v) is 9.51. The molecule has 1 unspecified atom stereocenters. The predicted molar refractivity (Wildman–Crippen MR) is 109 cm³/mol. The third kappa shape index (κ3) is 4.95. The summed E-state index contributed by atoms with van der Waals surface area (Å²) >= 11 is 1.25. The van der Waals surface area contributed by atoms with Crippen LogP contribution in [0.25, 0.3) is 5.69 Å². The van der Waals surface area contributed by atoms with E-state index in [1.165, 1.54) is 23.4 Å². The molecule has 1 heterocycles. The summed E-state index contributed by atoms with van der Waals surface area (Å²) in [6.45, 7) is 5.21. The molecule has 1 aromatic heterocycles. The van der Waals surface area contributed by atoms with Gasteiger partial charge in [0.2, 0.25) is 17.0 Å². The molecule has 2 aromatic carbocycles. The van der Waals surface area contributed by atoms with Gasteiger partial charge < -0.3 is 10.6 Å². The normalized spacial score (nSPS) is 11.7. The Balaban J connectivity index is 1.73. The van der Waals surface area contributed by atoms with Gasteiger partial charge in [-0.15, -0.1) is 5.10 Å². The number of nitrogens with zero attached hydrogens (tertiary/aromatic N) is 4. The van der Waals surface area contributed by atoms with Crippen molar-refractivity contribution in [1.82, 2.24) is 20.2 Å². The van der Waals surface area contributed by atoms with Crippen LogP contribution in [-0.4, -0.2) is 37.3 Å². The number of anilines is 2. The molecule has 28 heavy (non-hydrogen) atoms. The first kappa shape index (κ1) is 19.6. The highest BCUT2D eigenvalue weighted by atomic mass is 32.2. The lowest BCUT2D eigenvalue weighted by Gasteiger charge is -2.12. The predicted octanol–water partition coefficient (Wildman–Crippen LogP) is 3.05. The van der Waals surface area contributed by atoms with Gasteiger partial charge in [0.25, 0.3) is 0 Å². The number of benzene rings is 2. The lowest BCUT2D eigenvalue weighted by atomic mass is 10.2. The van der Waals surface area contributed by atoms with E-state index in [0.29, 0.717) is 16.5 Å². The maximum atomic E-state index is 12.5. The molecule has 0 spiro atoms. The maximum absolute atomic E-state index is 12.5. The summed E-state index contributed by atoms with van der Waals surface area (Å²) in [7, 11) is 0. The van der Waals surface area contributed by atoms with Gasteiger partial charge in [0.1, 0.15) is 0 Å². The van der Waals surface area contributed by atoms with Crippen molar-refractivity contribution < 1.29 is 9.59 Å². The summed E-state index contributed by atoms with van der Waals surface area (Å²) in [6.07, 6.45) is 0. The van der Waals surface area contributed by atoms with E-state index in [2.05, 4.69) is 26.2 Å². The van der Waals surface area contributed by atoms with E-state index in [1.807, 2.05) is 37.3 Å². The molecule has 2 amide bonds. The molecule has 3 rings (SSSR count). The zero-order valence-electron chi connectivity index (χ0n) is 15.7. The fourth-order valence-electron chi connectivity index (χ4n) is 2.51. The van der Waals surface area contributed by atoms with Crippen molar-refractivity contribution >= 4 is 35.0 Å². The number of carbonyl (C=O) groups is 2. The SMILES string of the molecule is CC(=O)Nc1cccc(-n2nnnc2SC(C)C(=O)Nc2cccc(C)c2)c1. The van der Waals surface area contributed by atoms with Crippen LogP contribution in [0.15, 0.2) is 53.7 Å². The molecule has 144 valence electrons. The highest BCUT2D eigenvalue weighted by Crippen LogP contribution is 2.25. The number of tetrazole rings is 1. The highest BCUT2D eigenvalue weighted by molar-refractivity contribution is 8.00. The number of thioether (sulfide) groups is 1. The minimum Gasteiger partial charge on any atom is -0.326 e. The first-order valence-electron chi connectivity index (χ1n) is 8.63. The minimum atomic E-state index is -0.413. The lowest BCUT2D eigenvalue weighted by molar-refractivity contribution is -0.115. The van der Waals surface area contributed by atoms with E-state index in [-0.39, 0.29) is 11.8 Å². The van der Waals surface area contributed by atoms with Crippen LogP contribution >= 0.6 is 11.8 Å². The van der Waals surface area contributed by atoms with Crippen molar-refractivity contribution in [2.75, 3.05) is 10.6 Å². The zero-order chi connectivity index (χ0) is 20.1. The number of amides is 2. The van der Waals surface area contributed by atoms with E-state index in [9.17, 15) is 9.59 Å². The van der Waals surface area contributed by atoms with Gasteiger partial charge in [0.05, 0.1) is 10.9 Å². The molecule has 0 saturated carbocycles. The van der Waals surface area contributed by atoms with Crippen LogP contribution in [0.2, 0.25) is 0 Å². The molecule has 0 aliphatic rings. The van der Waals surface area contributed by atoms with Gasteiger partial charge in [-0.2, -0.15) is 4.68 Å². The van der Waals surface area contributed by atoms with Crippen molar-refractivity contribution in [1.29, 1.82) is 0 Å². The molecular weight excluding hydrogens is 376 g/mol. The van der Waals surface area contributed by atoms with Crippen molar-refractivity contribution in [3.63, 3.8) is 0 Å². The van der Waals surface area contributed by atoms with Crippen LogP contribution in [-0.2, 0) is 9.59 Å². The van der Waals surface area contributed by atoms with Crippen molar-refractivity contribution in [2.45, 2.75) is 31.2 Å². The molecule has 0 bridgehead atoms. The largest absolute Gasteiger partial charge is 0.326 e. The number of aromatic nitrogens is 4. The van der Waals surface area contributed by atoms with Crippen molar-refractivity contribution in [3.05, 3.63) is 54.1 Å². The molecule has 2 N–H and O–H groups in total. The second kappa shape index (κ2) is 8.66. The second-order valence-electron chi connectivity index (χ2n) is 6.22. The minimum absolute atomic E-state index is 0.142. The number of hydrogen-bond donors (Lipinski definition) is 2. The molecule has 9 heteroatoms. The number of carbonyl (C=O) groups excluding carboxylic acids is 2. The van der Waals surface area contributed by atoms with Crippen molar-refractivity contribution in [3.8, 4) is 5.69 Å². The van der Waals surface area contributed by atoms with E-state index >= 15 is 0 Å². The molecule has 0 fully saturated rings. The van der Waals surface area contributed by atoms with Gasteiger partial charge >= 0.3 is 0 Å². The quantitative estimate of drug-likeness (QED) is 0.621. The monoisotopic (exact) mass is 396 g/mol. The van der Waals surface area contributed by atoms with Gasteiger partial charge in [-0.3, -0.25) is 9.59 Å². The smallest absolute Gasteiger partial charge is 0.237 e. The Morgan fingerprint density at radius 2 is 1.79 bits per heavy atom. The zero-order valence-corrected chi connectivity index (χ0v) is 16.5. The number of rotatable bonds is 6. The van der Waals surface area contributed by atoms with Crippen LogP contribution in [0, 0.1) is 6.92 Å². The molecule has 0 aliphatic carbocycles. The Morgan fingerprint density at radius 1 is 1.07 bits per heavy atom. The Bertz CT molecular complexity index is 1000. The van der Waals surface area contributed by atoms with Crippen LogP contribution in [0.1, 0.15) is 19.4 Å². The van der Waals surface area contributed by atoms with E-state index in [1.54, 1.807) is 25.1 Å². The molecule has 3 aromatic rings. The molecular formula is C19H20N6O2S. The van der Waals surface area contributed by atoms with Gasteiger partial charge in [-0.05, 0) is 60.2 Å². The average Bonchev–Trinajstić information content (AvgIpc) is 3.09. The standard InChI is InChI=1S/C19H20N6O2S/c1-12-6-4-7-15(10-12)21-18(27)13(2)28-19-22-23-24-25(19)17-9-5-8-16(11-17)20-14(3)26/h4-11,13H,1-3H3,(H,20,26)(H,21,27). The van der Waals surface area contributed by atoms with E-state index < -0.39 is 5.25 Å². The van der Waals surface area contributed by atoms with Crippen LogP contribution in [0.5, 0.6) is 0 Å². The fraction of sp³-hybridized carbons (Fsp3) is 0.211. The Kier molecular flexibility index (Phi) is 6.05. The topological polar surface area (TPSA) is 102 Å². The molecule has 1 atom stereocenters. The molecule has 0 aliphatic heterocycles.